The monoisotopic (exact) mass is 486 g/mol. The highest BCUT2D eigenvalue weighted by Gasteiger charge is 2.26. The number of anilines is 2. The van der Waals surface area contributed by atoms with Gasteiger partial charge in [0.1, 0.15) is 0 Å². The largest absolute Gasteiger partial charge is 0.377 e. The van der Waals surface area contributed by atoms with Gasteiger partial charge in [0, 0.05) is 38.4 Å². The summed E-state index contributed by atoms with van der Waals surface area (Å²) in [5.74, 6) is 0. The number of hydrazone groups is 1. The van der Waals surface area contributed by atoms with Gasteiger partial charge >= 0.3 is 6.03 Å². The highest BCUT2D eigenvalue weighted by molar-refractivity contribution is 6.35. The molecule has 32 heavy (non-hydrogen) atoms. The lowest BCUT2D eigenvalue weighted by molar-refractivity contribution is 0.252. The zero-order valence-electron chi connectivity index (χ0n) is 17.5. The third-order valence-electron chi connectivity index (χ3n) is 5.41. The summed E-state index contributed by atoms with van der Waals surface area (Å²) in [6, 6.07) is 16.1. The Kier molecular flexibility index (Phi) is 6.60. The van der Waals surface area contributed by atoms with Crippen LogP contribution in [0.15, 0.2) is 59.7 Å². The van der Waals surface area contributed by atoms with Crippen molar-refractivity contribution in [2.75, 3.05) is 10.6 Å². The quantitative estimate of drug-likeness (QED) is 0.338. The summed E-state index contributed by atoms with van der Waals surface area (Å²) in [5.41, 5.74) is 8.82. The Balaban J connectivity index is 1.59. The first kappa shape index (κ1) is 22.5. The second-order valence-corrected chi connectivity index (χ2v) is 8.96. The minimum absolute atomic E-state index is 0.142. The topological polar surface area (TPSA) is 65.5 Å². The third-order valence-corrected chi connectivity index (χ3v) is 6.21. The summed E-state index contributed by atoms with van der Waals surface area (Å²) in [5, 5.41) is 12.4. The number of nitrogens with one attached hydrogen (secondary N) is 3. The molecule has 0 bridgehead atoms. The molecular weight excluding hydrogens is 467 g/mol. The van der Waals surface area contributed by atoms with E-state index in [0.29, 0.717) is 32.9 Å². The highest BCUT2D eigenvalue weighted by atomic mass is 35.5. The molecule has 5 nitrogen and oxygen atoms in total. The summed E-state index contributed by atoms with van der Waals surface area (Å²) in [6.07, 6.45) is 0.499. The predicted octanol–water partition coefficient (Wildman–Crippen LogP) is 7.35. The van der Waals surface area contributed by atoms with Crippen molar-refractivity contribution in [3.63, 3.8) is 0 Å². The number of aryl methyl sites for hydroxylation is 2. The Morgan fingerprint density at radius 2 is 1.72 bits per heavy atom. The molecule has 1 aliphatic heterocycles. The molecule has 0 aliphatic carbocycles. The molecule has 0 spiro atoms. The summed E-state index contributed by atoms with van der Waals surface area (Å²) >= 11 is 18.7. The molecule has 3 N–H and O–H groups in total. The van der Waals surface area contributed by atoms with Gasteiger partial charge < -0.3 is 10.6 Å². The number of carbonyl (C=O) groups excluding carboxylic acids is 1. The normalized spacial score (nSPS) is 16.3. The maximum absolute atomic E-state index is 12.5. The molecule has 3 aromatic rings. The zero-order valence-corrected chi connectivity index (χ0v) is 19.7. The first-order valence-corrected chi connectivity index (χ1v) is 11.2. The lowest BCUT2D eigenvalue weighted by atomic mass is 9.92. The predicted molar refractivity (Wildman–Crippen MR) is 134 cm³/mol. The van der Waals surface area contributed by atoms with Gasteiger partial charge in [-0.25, -0.2) is 10.2 Å². The minimum atomic E-state index is -0.427. The van der Waals surface area contributed by atoms with Crippen LogP contribution in [-0.4, -0.2) is 11.7 Å². The van der Waals surface area contributed by atoms with Crippen LogP contribution in [0, 0.1) is 13.8 Å². The van der Waals surface area contributed by atoms with Crippen molar-refractivity contribution in [1.29, 1.82) is 0 Å². The van der Waals surface area contributed by atoms with Crippen LogP contribution >= 0.6 is 34.8 Å². The number of rotatable bonds is 3. The van der Waals surface area contributed by atoms with Gasteiger partial charge in [-0.1, -0.05) is 46.9 Å². The van der Waals surface area contributed by atoms with E-state index in [2.05, 4.69) is 21.2 Å². The molecule has 164 valence electrons. The van der Waals surface area contributed by atoms with Crippen molar-refractivity contribution < 1.29 is 4.79 Å². The average molecular weight is 488 g/mol. The summed E-state index contributed by atoms with van der Waals surface area (Å²) in [7, 11) is 0. The molecule has 1 aliphatic rings. The Morgan fingerprint density at radius 1 is 0.969 bits per heavy atom. The van der Waals surface area contributed by atoms with Crippen molar-refractivity contribution >= 4 is 57.9 Å². The van der Waals surface area contributed by atoms with Gasteiger partial charge in [0.15, 0.2) is 0 Å². The van der Waals surface area contributed by atoms with E-state index >= 15 is 0 Å². The van der Waals surface area contributed by atoms with Crippen LogP contribution in [0.4, 0.5) is 16.2 Å². The Morgan fingerprint density at radius 3 is 2.47 bits per heavy atom. The average Bonchev–Trinajstić information content (AvgIpc) is 2.74. The van der Waals surface area contributed by atoms with Crippen LogP contribution in [0.3, 0.4) is 0 Å². The minimum Gasteiger partial charge on any atom is -0.377 e. The van der Waals surface area contributed by atoms with E-state index in [1.54, 1.807) is 18.2 Å². The molecule has 1 unspecified atom stereocenters. The fraction of sp³-hybridized carbons (Fsp3) is 0.167. The van der Waals surface area contributed by atoms with Gasteiger partial charge in [-0.2, -0.15) is 5.10 Å². The second kappa shape index (κ2) is 9.41. The molecule has 1 heterocycles. The van der Waals surface area contributed by atoms with E-state index in [9.17, 15) is 4.79 Å². The zero-order chi connectivity index (χ0) is 22.8. The van der Waals surface area contributed by atoms with Crippen LogP contribution in [0.5, 0.6) is 0 Å². The van der Waals surface area contributed by atoms with Gasteiger partial charge in [0.2, 0.25) is 0 Å². The van der Waals surface area contributed by atoms with Crippen molar-refractivity contribution in [2.45, 2.75) is 26.3 Å². The number of hydrogen-bond donors (Lipinski definition) is 3. The van der Waals surface area contributed by atoms with E-state index in [1.165, 1.54) is 0 Å². The molecule has 0 saturated heterocycles. The van der Waals surface area contributed by atoms with E-state index in [4.69, 9.17) is 34.8 Å². The standard InChI is InChI=1S/C24H21Cl3N4O/c1-13-3-6-17(9-14(13)2)28-24(32)31-30-23-12-22(18-7-4-16(26)11-20(18)27)29-21-8-5-15(25)10-19(21)23/h3-11,22,29H,12H2,1-2H3,(H2,28,31,32). The van der Waals surface area contributed by atoms with E-state index in [0.717, 1.165) is 27.9 Å². The molecule has 0 aromatic heterocycles. The van der Waals surface area contributed by atoms with Gasteiger partial charge in [-0.15, -0.1) is 0 Å². The molecule has 0 fully saturated rings. The first-order chi connectivity index (χ1) is 15.3. The van der Waals surface area contributed by atoms with Crippen LogP contribution in [0.25, 0.3) is 0 Å². The first-order valence-electron chi connectivity index (χ1n) is 10.0. The van der Waals surface area contributed by atoms with Crippen LogP contribution in [0.2, 0.25) is 15.1 Å². The fourth-order valence-electron chi connectivity index (χ4n) is 3.60. The highest BCUT2D eigenvalue weighted by Crippen LogP contribution is 2.37. The van der Waals surface area contributed by atoms with E-state index < -0.39 is 6.03 Å². The Bertz CT molecular complexity index is 1230. The lowest BCUT2D eigenvalue weighted by Crippen LogP contribution is -2.29. The smallest absolute Gasteiger partial charge is 0.339 e. The van der Waals surface area contributed by atoms with Crippen LogP contribution in [-0.2, 0) is 0 Å². The number of carbonyl (C=O) groups is 1. The van der Waals surface area contributed by atoms with Gasteiger partial charge in [0.05, 0.1) is 11.8 Å². The third kappa shape index (κ3) is 5.01. The van der Waals surface area contributed by atoms with Crippen molar-refractivity contribution in [2.24, 2.45) is 5.10 Å². The molecule has 0 saturated carbocycles. The second-order valence-electron chi connectivity index (χ2n) is 7.68. The van der Waals surface area contributed by atoms with Gasteiger partial charge in [-0.3, -0.25) is 0 Å². The van der Waals surface area contributed by atoms with Crippen molar-refractivity contribution in [3.05, 3.63) is 91.9 Å². The van der Waals surface area contributed by atoms with Crippen molar-refractivity contribution in [1.82, 2.24) is 5.43 Å². The summed E-state index contributed by atoms with van der Waals surface area (Å²) in [6.45, 7) is 4.02. The van der Waals surface area contributed by atoms with E-state index in [1.807, 2.05) is 50.2 Å². The van der Waals surface area contributed by atoms with Crippen molar-refractivity contribution in [3.8, 4) is 0 Å². The molecular formula is C24H21Cl3N4O. The van der Waals surface area contributed by atoms with E-state index in [-0.39, 0.29) is 6.04 Å². The SMILES string of the molecule is Cc1ccc(NC(=O)NN=C2CC(c3ccc(Cl)cc3Cl)Nc3ccc(Cl)cc32)cc1C. The molecule has 0 radical (unpaired) electrons. The number of fused-ring (bicyclic) bond motifs is 1. The number of hydrogen-bond acceptors (Lipinski definition) is 3. The number of halogens is 3. The summed E-state index contributed by atoms with van der Waals surface area (Å²) < 4.78 is 0. The fourth-order valence-corrected chi connectivity index (χ4v) is 4.31. The Labute approximate surface area is 201 Å². The molecule has 3 aromatic carbocycles. The maximum atomic E-state index is 12.5. The molecule has 4 rings (SSSR count). The van der Waals surface area contributed by atoms with Crippen LogP contribution in [0.1, 0.15) is 34.7 Å². The summed E-state index contributed by atoms with van der Waals surface area (Å²) in [4.78, 5) is 12.5. The Hall–Kier alpha value is -2.73. The number of benzene rings is 3. The lowest BCUT2D eigenvalue weighted by Gasteiger charge is -2.29. The molecule has 1 atom stereocenters. The number of amides is 2. The maximum Gasteiger partial charge on any atom is 0.339 e. The van der Waals surface area contributed by atoms with Crippen LogP contribution < -0.4 is 16.1 Å². The number of nitrogens with zero attached hydrogens (tertiary/aromatic N) is 1. The molecule has 2 amide bonds. The van der Waals surface area contributed by atoms with Gasteiger partial charge in [0.25, 0.3) is 0 Å². The molecule has 8 heteroatoms. The van der Waals surface area contributed by atoms with Gasteiger partial charge in [-0.05, 0) is 73.0 Å². The number of urea groups is 1.